The maximum atomic E-state index is 5.57. The normalized spacial score (nSPS) is 11.3. The molecule has 0 saturated heterocycles. The first-order chi connectivity index (χ1) is 8.75. The van der Waals surface area contributed by atoms with E-state index in [1.165, 1.54) is 4.70 Å². The highest BCUT2D eigenvalue weighted by atomic mass is 32.1. The van der Waals surface area contributed by atoms with Crippen molar-refractivity contribution in [3.05, 3.63) is 23.7 Å². The molecule has 3 nitrogen and oxygen atoms in total. The summed E-state index contributed by atoms with van der Waals surface area (Å²) in [4.78, 5) is 4.26. The minimum absolute atomic E-state index is 0.715. The number of benzene rings is 1. The van der Waals surface area contributed by atoms with Gasteiger partial charge in [0, 0.05) is 18.8 Å². The lowest BCUT2D eigenvalue weighted by molar-refractivity contribution is 0.132. The van der Waals surface area contributed by atoms with E-state index in [2.05, 4.69) is 36.3 Å². The van der Waals surface area contributed by atoms with Gasteiger partial charge in [-0.05, 0) is 30.5 Å². The summed E-state index contributed by atoms with van der Waals surface area (Å²) in [6.45, 7) is 6.89. The summed E-state index contributed by atoms with van der Waals surface area (Å²) in [5.74, 6) is 0.715. The smallest absolute Gasteiger partial charge is 0.0813 e. The van der Waals surface area contributed by atoms with Crippen LogP contribution < -0.4 is 5.32 Å². The largest absolute Gasteiger partial charge is 0.383 e. The molecule has 2 rings (SSSR count). The van der Waals surface area contributed by atoms with E-state index in [1.54, 1.807) is 11.3 Å². The second-order valence-electron chi connectivity index (χ2n) is 4.76. The maximum absolute atomic E-state index is 5.57. The molecule has 1 aromatic carbocycles. The number of hydrogen-bond donors (Lipinski definition) is 1. The number of nitrogens with one attached hydrogen (secondary N) is 1. The Labute approximate surface area is 112 Å². The third-order valence-corrected chi connectivity index (χ3v) is 3.54. The van der Waals surface area contributed by atoms with Crippen LogP contribution >= 0.6 is 11.3 Å². The molecule has 0 aliphatic heterocycles. The number of rotatable bonds is 7. The van der Waals surface area contributed by atoms with E-state index in [9.17, 15) is 0 Å². The fourth-order valence-electron chi connectivity index (χ4n) is 1.65. The van der Waals surface area contributed by atoms with Gasteiger partial charge in [-0.15, -0.1) is 11.3 Å². The van der Waals surface area contributed by atoms with Crippen LogP contribution in [0.15, 0.2) is 23.7 Å². The Kier molecular flexibility index (Phi) is 4.96. The lowest BCUT2D eigenvalue weighted by Crippen LogP contribution is -2.10. The van der Waals surface area contributed by atoms with Crippen molar-refractivity contribution in [2.24, 2.45) is 5.92 Å². The van der Waals surface area contributed by atoms with Crippen molar-refractivity contribution < 1.29 is 4.74 Å². The zero-order valence-corrected chi connectivity index (χ0v) is 11.8. The van der Waals surface area contributed by atoms with Crippen molar-refractivity contribution >= 4 is 27.2 Å². The summed E-state index contributed by atoms with van der Waals surface area (Å²) in [6, 6.07) is 6.26. The number of thiazole rings is 1. The van der Waals surface area contributed by atoms with Crippen molar-refractivity contribution in [2.75, 3.05) is 25.1 Å². The third-order valence-electron chi connectivity index (χ3n) is 2.75. The van der Waals surface area contributed by atoms with Crippen molar-refractivity contribution in [1.82, 2.24) is 4.98 Å². The first-order valence-corrected chi connectivity index (χ1v) is 7.28. The highest BCUT2D eigenvalue weighted by Crippen LogP contribution is 2.21. The van der Waals surface area contributed by atoms with Gasteiger partial charge in [-0.1, -0.05) is 13.8 Å². The Morgan fingerprint density at radius 2 is 2.22 bits per heavy atom. The molecule has 1 aromatic heterocycles. The van der Waals surface area contributed by atoms with Crippen LogP contribution in [-0.2, 0) is 4.74 Å². The lowest BCUT2D eigenvalue weighted by Gasteiger charge is -2.08. The van der Waals surface area contributed by atoms with Crippen LogP contribution in [0.5, 0.6) is 0 Å². The average molecular weight is 264 g/mol. The van der Waals surface area contributed by atoms with E-state index in [0.29, 0.717) is 5.92 Å². The number of ether oxygens (including phenoxy) is 1. The molecule has 0 aliphatic carbocycles. The molecular weight excluding hydrogens is 244 g/mol. The summed E-state index contributed by atoms with van der Waals surface area (Å²) < 4.78 is 6.79. The fourth-order valence-corrected chi connectivity index (χ4v) is 2.37. The number of fused-ring (bicyclic) bond motifs is 1. The van der Waals surface area contributed by atoms with Gasteiger partial charge in [-0.3, -0.25) is 0 Å². The Morgan fingerprint density at radius 3 is 3.06 bits per heavy atom. The molecule has 0 unspecified atom stereocenters. The first kappa shape index (κ1) is 13.3. The molecular formula is C14H20N2OS. The second kappa shape index (κ2) is 6.71. The van der Waals surface area contributed by atoms with Crippen molar-refractivity contribution in [3.63, 3.8) is 0 Å². The van der Waals surface area contributed by atoms with Crippen LogP contribution in [0.4, 0.5) is 5.69 Å². The van der Waals surface area contributed by atoms with Crippen LogP contribution in [0, 0.1) is 5.92 Å². The number of anilines is 1. The summed E-state index contributed by atoms with van der Waals surface area (Å²) in [5, 5.41) is 3.37. The third kappa shape index (κ3) is 3.96. The SMILES string of the molecule is CC(C)CCOCCNc1ccc2ncsc2c1. The van der Waals surface area contributed by atoms with Crippen LogP contribution in [0.25, 0.3) is 10.2 Å². The van der Waals surface area contributed by atoms with Gasteiger partial charge in [0.05, 0.1) is 22.3 Å². The second-order valence-corrected chi connectivity index (χ2v) is 5.64. The quantitative estimate of drug-likeness (QED) is 0.773. The molecule has 1 heterocycles. The van der Waals surface area contributed by atoms with Crippen molar-refractivity contribution in [3.8, 4) is 0 Å². The molecule has 18 heavy (non-hydrogen) atoms. The zero-order chi connectivity index (χ0) is 12.8. The highest BCUT2D eigenvalue weighted by Gasteiger charge is 1.98. The van der Waals surface area contributed by atoms with Gasteiger partial charge in [-0.2, -0.15) is 0 Å². The number of hydrogen-bond acceptors (Lipinski definition) is 4. The van der Waals surface area contributed by atoms with Gasteiger partial charge < -0.3 is 10.1 Å². The molecule has 98 valence electrons. The molecule has 2 aromatic rings. The predicted octanol–water partition coefficient (Wildman–Crippen LogP) is 3.77. The molecule has 1 N–H and O–H groups in total. The minimum Gasteiger partial charge on any atom is -0.383 e. The van der Waals surface area contributed by atoms with Crippen LogP contribution in [0.3, 0.4) is 0 Å². The molecule has 0 saturated carbocycles. The van der Waals surface area contributed by atoms with E-state index >= 15 is 0 Å². The van der Waals surface area contributed by atoms with Crippen molar-refractivity contribution in [1.29, 1.82) is 0 Å². The Hall–Kier alpha value is -1.13. The highest BCUT2D eigenvalue weighted by molar-refractivity contribution is 7.16. The van der Waals surface area contributed by atoms with Gasteiger partial charge in [0.15, 0.2) is 0 Å². The lowest BCUT2D eigenvalue weighted by atomic mass is 10.1. The number of nitrogens with zero attached hydrogens (tertiary/aromatic N) is 1. The summed E-state index contributed by atoms with van der Waals surface area (Å²) in [6.07, 6.45) is 1.13. The van der Waals surface area contributed by atoms with E-state index in [-0.39, 0.29) is 0 Å². The van der Waals surface area contributed by atoms with Gasteiger partial charge in [0.1, 0.15) is 0 Å². The molecule has 4 heteroatoms. The van der Waals surface area contributed by atoms with Gasteiger partial charge in [-0.25, -0.2) is 4.98 Å². The Bertz CT molecular complexity index is 481. The first-order valence-electron chi connectivity index (χ1n) is 6.40. The minimum atomic E-state index is 0.715. The maximum Gasteiger partial charge on any atom is 0.0813 e. The summed E-state index contributed by atoms with van der Waals surface area (Å²) in [7, 11) is 0. The van der Waals surface area contributed by atoms with Crippen molar-refractivity contribution in [2.45, 2.75) is 20.3 Å². The monoisotopic (exact) mass is 264 g/mol. The molecule has 0 spiro atoms. The average Bonchev–Trinajstić information content (AvgIpc) is 2.80. The van der Waals surface area contributed by atoms with Gasteiger partial charge in [0.2, 0.25) is 0 Å². The van der Waals surface area contributed by atoms with E-state index < -0.39 is 0 Å². The molecule has 0 radical (unpaired) electrons. The van der Waals surface area contributed by atoms with E-state index in [4.69, 9.17) is 4.74 Å². The Morgan fingerprint density at radius 1 is 1.33 bits per heavy atom. The summed E-state index contributed by atoms with van der Waals surface area (Å²) in [5.41, 5.74) is 4.08. The fraction of sp³-hybridized carbons (Fsp3) is 0.500. The van der Waals surface area contributed by atoms with Gasteiger partial charge >= 0.3 is 0 Å². The number of aromatic nitrogens is 1. The zero-order valence-electron chi connectivity index (χ0n) is 11.0. The van der Waals surface area contributed by atoms with Crippen LogP contribution in [0.1, 0.15) is 20.3 Å². The summed E-state index contributed by atoms with van der Waals surface area (Å²) >= 11 is 1.67. The topological polar surface area (TPSA) is 34.1 Å². The van der Waals surface area contributed by atoms with Crippen LogP contribution in [-0.4, -0.2) is 24.7 Å². The van der Waals surface area contributed by atoms with E-state index in [0.717, 1.165) is 37.4 Å². The van der Waals surface area contributed by atoms with Crippen LogP contribution in [0.2, 0.25) is 0 Å². The van der Waals surface area contributed by atoms with E-state index in [1.807, 2.05) is 11.6 Å². The molecule has 0 bridgehead atoms. The molecule has 0 atom stereocenters. The Balaban J connectivity index is 1.70. The standard InChI is InChI=1S/C14H20N2OS/c1-11(2)5-7-17-8-6-15-12-3-4-13-14(9-12)18-10-16-13/h3-4,9-11,15H,5-8H2,1-2H3. The predicted molar refractivity (Wildman–Crippen MR) is 78.4 cm³/mol. The van der Waals surface area contributed by atoms with Gasteiger partial charge in [0.25, 0.3) is 0 Å². The molecule has 0 amide bonds. The molecule has 0 fully saturated rings. The molecule has 0 aliphatic rings.